The number of hydrogen-bond donors (Lipinski definition) is 2. The number of nitrogens with zero attached hydrogens (tertiary/aromatic N) is 2. The van der Waals surface area contributed by atoms with Crippen molar-refractivity contribution in [3.63, 3.8) is 0 Å². The zero-order valence-corrected chi connectivity index (χ0v) is 15.3. The van der Waals surface area contributed by atoms with Gasteiger partial charge in [-0.05, 0) is 43.4 Å². The lowest BCUT2D eigenvalue weighted by atomic mass is 9.76. The highest BCUT2D eigenvalue weighted by Crippen LogP contribution is 2.39. The van der Waals surface area contributed by atoms with Gasteiger partial charge in [-0.2, -0.15) is 5.10 Å². The summed E-state index contributed by atoms with van der Waals surface area (Å²) in [5.41, 5.74) is 1.70. The molecule has 0 spiro atoms. The topological polar surface area (TPSA) is 93.5 Å². The molecule has 0 amide bonds. The molecule has 25 heavy (non-hydrogen) atoms. The number of aliphatic hydroxyl groups excluding tert-OH is 1. The van der Waals surface area contributed by atoms with Crippen LogP contribution < -0.4 is 9.46 Å². The fourth-order valence-electron chi connectivity index (χ4n) is 3.17. The zero-order valence-electron chi connectivity index (χ0n) is 14.5. The predicted molar refractivity (Wildman–Crippen MR) is 92.7 cm³/mol. The number of methoxy groups -OCH3 is 1. The molecule has 0 radical (unpaired) electrons. The summed E-state index contributed by atoms with van der Waals surface area (Å²) in [5, 5.41) is 13.8. The molecule has 1 aliphatic rings. The number of aromatic nitrogens is 2. The molecule has 1 heterocycles. The van der Waals surface area contributed by atoms with Gasteiger partial charge in [-0.3, -0.25) is 4.68 Å². The smallest absolute Gasteiger partial charge is 0.244 e. The van der Waals surface area contributed by atoms with Gasteiger partial charge in [-0.1, -0.05) is 6.07 Å². The lowest BCUT2D eigenvalue weighted by Crippen LogP contribution is -2.41. The van der Waals surface area contributed by atoms with E-state index in [9.17, 15) is 13.5 Å². The molecule has 1 aromatic carbocycles. The molecule has 136 valence electrons. The average molecular weight is 365 g/mol. The number of hydrogen-bond acceptors (Lipinski definition) is 5. The fraction of sp³-hybridized carbons (Fsp3) is 0.471. The molecule has 8 heteroatoms. The van der Waals surface area contributed by atoms with E-state index < -0.39 is 16.1 Å². The molecule has 1 aliphatic carbocycles. The quantitative estimate of drug-likeness (QED) is 0.810. The van der Waals surface area contributed by atoms with Crippen molar-refractivity contribution < 1.29 is 18.3 Å². The number of sulfonamides is 1. The van der Waals surface area contributed by atoms with Crippen molar-refractivity contribution in [2.75, 3.05) is 7.11 Å². The molecule has 0 bridgehead atoms. The van der Waals surface area contributed by atoms with Crippen LogP contribution in [-0.2, 0) is 17.1 Å². The van der Waals surface area contributed by atoms with Crippen LogP contribution in [0.5, 0.6) is 5.75 Å². The molecular formula is C17H23N3O4S. The number of nitrogens with one attached hydrogen (secondary N) is 1. The van der Waals surface area contributed by atoms with Crippen LogP contribution in [0.1, 0.15) is 30.0 Å². The largest absolute Gasteiger partial charge is 0.495 e. The van der Waals surface area contributed by atoms with Crippen molar-refractivity contribution in [2.24, 2.45) is 13.0 Å². The van der Waals surface area contributed by atoms with Crippen LogP contribution in [0, 0.1) is 12.8 Å². The molecule has 2 aromatic rings. The maximum Gasteiger partial charge on any atom is 0.244 e. The second kappa shape index (κ2) is 6.78. The second-order valence-corrected chi connectivity index (χ2v) is 8.27. The Bertz CT molecular complexity index is 857. The normalized spacial score (nSPS) is 21.6. The van der Waals surface area contributed by atoms with E-state index in [4.69, 9.17) is 4.74 Å². The van der Waals surface area contributed by atoms with Gasteiger partial charge in [0, 0.05) is 18.8 Å². The lowest BCUT2D eigenvalue weighted by molar-refractivity contribution is 0.0280. The SMILES string of the molecule is COc1cc(C)ccc1S(=O)(=O)N[C@H](c1cnn(C)c1)C1CC(O)C1. The van der Waals surface area contributed by atoms with Crippen molar-refractivity contribution in [1.29, 1.82) is 0 Å². The summed E-state index contributed by atoms with van der Waals surface area (Å²) >= 11 is 0. The molecular weight excluding hydrogens is 342 g/mol. The Labute approximate surface area is 147 Å². The van der Waals surface area contributed by atoms with Crippen LogP contribution in [0.3, 0.4) is 0 Å². The maximum atomic E-state index is 13.0. The van der Waals surface area contributed by atoms with E-state index in [0.717, 1.165) is 11.1 Å². The molecule has 0 aliphatic heterocycles. The van der Waals surface area contributed by atoms with Gasteiger partial charge in [-0.25, -0.2) is 13.1 Å². The summed E-state index contributed by atoms with van der Waals surface area (Å²) in [4.78, 5) is 0.106. The summed E-state index contributed by atoms with van der Waals surface area (Å²) in [5.74, 6) is 0.344. The highest BCUT2D eigenvalue weighted by molar-refractivity contribution is 7.89. The monoisotopic (exact) mass is 365 g/mol. The van der Waals surface area contributed by atoms with Gasteiger partial charge in [0.05, 0.1) is 25.5 Å². The molecule has 1 fully saturated rings. The summed E-state index contributed by atoms with van der Waals surface area (Å²) in [7, 11) is -0.552. The van der Waals surface area contributed by atoms with E-state index in [-0.39, 0.29) is 16.9 Å². The van der Waals surface area contributed by atoms with Gasteiger partial charge in [-0.15, -0.1) is 0 Å². The zero-order chi connectivity index (χ0) is 18.2. The van der Waals surface area contributed by atoms with E-state index >= 15 is 0 Å². The van der Waals surface area contributed by atoms with Gasteiger partial charge in [0.25, 0.3) is 0 Å². The van der Waals surface area contributed by atoms with Crippen molar-refractivity contribution in [1.82, 2.24) is 14.5 Å². The molecule has 7 nitrogen and oxygen atoms in total. The van der Waals surface area contributed by atoms with Gasteiger partial charge >= 0.3 is 0 Å². The fourth-order valence-corrected chi connectivity index (χ4v) is 4.61. The van der Waals surface area contributed by atoms with Crippen LogP contribution in [0.25, 0.3) is 0 Å². The minimum Gasteiger partial charge on any atom is -0.495 e. The van der Waals surface area contributed by atoms with Crippen LogP contribution in [0.2, 0.25) is 0 Å². The van der Waals surface area contributed by atoms with Crippen LogP contribution >= 0.6 is 0 Å². The number of rotatable bonds is 6. The average Bonchev–Trinajstić information content (AvgIpc) is 2.96. The molecule has 1 aromatic heterocycles. The number of ether oxygens (including phenoxy) is 1. The molecule has 1 atom stereocenters. The van der Waals surface area contributed by atoms with E-state index in [1.54, 1.807) is 42.3 Å². The molecule has 2 N–H and O–H groups in total. The molecule has 0 unspecified atom stereocenters. The van der Waals surface area contributed by atoms with Crippen LogP contribution in [0.4, 0.5) is 0 Å². The first kappa shape index (κ1) is 17.9. The molecule has 1 saturated carbocycles. The Morgan fingerprint density at radius 2 is 2.12 bits per heavy atom. The first-order valence-corrected chi connectivity index (χ1v) is 9.62. The lowest BCUT2D eigenvalue weighted by Gasteiger charge is -2.37. The summed E-state index contributed by atoms with van der Waals surface area (Å²) < 4.78 is 35.6. The van der Waals surface area contributed by atoms with Crippen molar-refractivity contribution in [3.8, 4) is 5.75 Å². The second-order valence-electron chi connectivity index (χ2n) is 6.59. The van der Waals surface area contributed by atoms with Gasteiger partial charge in [0.15, 0.2) is 0 Å². The van der Waals surface area contributed by atoms with E-state index in [2.05, 4.69) is 9.82 Å². The molecule has 3 rings (SSSR count). The number of aliphatic hydroxyl groups is 1. The van der Waals surface area contributed by atoms with Gasteiger partial charge < -0.3 is 9.84 Å². The standard InChI is InChI=1S/C17H23N3O4S/c1-11-4-5-16(15(6-11)24-3)25(22,23)19-17(12-7-14(21)8-12)13-9-18-20(2)10-13/h4-6,9-10,12,14,17,19,21H,7-8H2,1-3H3/t12?,14?,17-/m0/s1. The van der Waals surface area contributed by atoms with Gasteiger partial charge in [0.2, 0.25) is 10.0 Å². The van der Waals surface area contributed by atoms with E-state index in [1.807, 2.05) is 6.92 Å². The van der Waals surface area contributed by atoms with E-state index in [1.165, 1.54) is 7.11 Å². The number of aryl methyl sites for hydroxylation is 2. The Morgan fingerprint density at radius 3 is 2.68 bits per heavy atom. The van der Waals surface area contributed by atoms with E-state index in [0.29, 0.717) is 18.6 Å². The minimum atomic E-state index is -3.79. The highest BCUT2D eigenvalue weighted by atomic mass is 32.2. The summed E-state index contributed by atoms with van der Waals surface area (Å²) in [6.45, 7) is 1.88. The Kier molecular flexibility index (Phi) is 4.86. The third kappa shape index (κ3) is 3.70. The van der Waals surface area contributed by atoms with Crippen LogP contribution in [-0.4, -0.2) is 36.5 Å². The third-order valence-corrected chi connectivity index (χ3v) is 6.08. The third-order valence-electron chi connectivity index (χ3n) is 4.60. The van der Waals surface area contributed by atoms with Crippen LogP contribution in [0.15, 0.2) is 35.5 Å². The van der Waals surface area contributed by atoms with Crippen molar-refractivity contribution >= 4 is 10.0 Å². The predicted octanol–water partition coefficient (Wildman–Crippen LogP) is 1.53. The minimum absolute atomic E-state index is 0.0328. The Balaban J connectivity index is 1.93. The first-order chi connectivity index (χ1) is 11.8. The summed E-state index contributed by atoms with van der Waals surface area (Å²) in [6.07, 6.45) is 4.21. The summed E-state index contributed by atoms with van der Waals surface area (Å²) in [6, 6.07) is 4.55. The van der Waals surface area contributed by atoms with Crippen molar-refractivity contribution in [2.45, 2.75) is 36.8 Å². The van der Waals surface area contributed by atoms with Crippen molar-refractivity contribution in [3.05, 3.63) is 41.7 Å². The highest BCUT2D eigenvalue weighted by Gasteiger charge is 2.38. The van der Waals surface area contributed by atoms with Gasteiger partial charge in [0.1, 0.15) is 10.6 Å². The Morgan fingerprint density at radius 1 is 1.40 bits per heavy atom. The molecule has 0 saturated heterocycles. The Hall–Kier alpha value is -1.90. The number of benzene rings is 1. The first-order valence-electron chi connectivity index (χ1n) is 8.13. The maximum absolute atomic E-state index is 13.0.